The molecular formula is C19H22N4O4. The van der Waals surface area contributed by atoms with Gasteiger partial charge in [-0.15, -0.1) is 0 Å². The predicted octanol–water partition coefficient (Wildman–Crippen LogP) is 1.26. The van der Waals surface area contributed by atoms with Crippen LogP contribution in [-0.2, 0) is 16.1 Å². The number of nitrogens with zero attached hydrogens (tertiary/aromatic N) is 3. The summed E-state index contributed by atoms with van der Waals surface area (Å²) in [5.74, 6) is 1.06. The van der Waals surface area contributed by atoms with Crippen LogP contribution in [0.4, 0.5) is 0 Å². The number of rotatable bonds is 5. The van der Waals surface area contributed by atoms with Crippen molar-refractivity contribution in [1.29, 1.82) is 0 Å². The fourth-order valence-electron chi connectivity index (χ4n) is 3.62. The van der Waals surface area contributed by atoms with Gasteiger partial charge >= 0.3 is 0 Å². The summed E-state index contributed by atoms with van der Waals surface area (Å²) in [5, 5.41) is 7.99. The van der Waals surface area contributed by atoms with Crippen molar-refractivity contribution in [3.63, 3.8) is 0 Å². The van der Waals surface area contributed by atoms with Crippen LogP contribution in [0, 0.1) is 6.92 Å². The number of fused-ring (bicyclic) bond motifs is 3. The van der Waals surface area contributed by atoms with Crippen molar-refractivity contribution in [2.45, 2.75) is 32.4 Å². The predicted molar refractivity (Wildman–Crippen MR) is 100 cm³/mol. The molecule has 8 nitrogen and oxygen atoms in total. The van der Waals surface area contributed by atoms with Crippen LogP contribution in [0.25, 0.3) is 16.4 Å². The maximum atomic E-state index is 12.9. The lowest BCUT2D eigenvalue weighted by atomic mass is 10.2. The molecule has 8 heteroatoms. The number of aryl methyl sites for hydroxylation is 1. The van der Waals surface area contributed by atoms with E-state index in [0.717, 1.165) is 30.4 Å². The number of ether oxygens (including phenoxy) is 2. The van der Waals surface area contributed by atoms with Gasteiger partial charge in [-0.25, -0.2) is 4.68 Å². The summed E-state index contributed by atoms with van der Waals surface area (Å²) in [7, 11) is 1.60. The first kappa shape index (κ1) is 17.5. The van der Waals surface area contributed by atoms with Gasteiger partial charge in [0, 0.05) is 18.5 Å². The Labute approximate surface area is 155 Å². The molecule has 1 fully saturated rings. The highest BCUT2D eigenvalue weighted by atomic mass is 16.5. The lowest BCUT2D eigenvalue weighted by Gasteiger charge is -2.12. The van der Waals surface area contributed by atoms with Gasteiger partial charge in [0.25, 0.3) is 5.56 Å². The average Bonchev–Trinajstić information content (AvgIpc) is 3.31. The van der Waals surface area contributed by atoms with E-state index in [1.807, 2.05) is 25.1 Å². The van der Waals surface area contributed by atoms with Crippen LogP contribution in [0.2, 0.25) is 0 Å². The summed E-state index contributed by atoms with van der Waals surface area (Å²) in [4.78, 5) is 25.1. The average molecular weight is 370 g/mol. The van der Waals surface area contributed by atoms with Crippen LogP contribution in [0.15, 0.2) is 29.1 Å². The summed E-state index contributed by atoms with van der Waals surface area (Å²) in [6.07, 6.45) is 2.02. The van der Waals surface area contributed by atoms with E-state index in [2.05, 4.69) is 10.4 Å². The molecule has 27 heavy (non-hydrogen) atoms. The number of hydrogen-bond donors (Lipinski definition) is 1. The normalized spacial score (nSPS) is 16.9. The highest BCUT2D eigenvalue weighted by Crippen LogP contribution is 2.28. The van der Waals surface area contributed by atoms with Crippen LogP contribution in [0.5, 0.6) is 5.75 Å². The number of benzene rings is 1. The Morgan fingerprint density at radius 3 is 3.00 bits per heavy atom. The molecule has 0 aliphatic carbocycles. The first-order chi connectivity index (χ1) is 13.1. The van der Waals surface area contributed by atoms with Crippen LogP contribution in [0.1, 0.15) is 18.7 Å². The Bertz CT molecular complexity index is 1060. The van der Waals surface area contributed by atoms with Crippen molar-refractivity contribution in [3.8, 4) is 5.75 Å². The highest BCUT2D eigenvalue weighted by Gasteiger charge is 2.18. The van der Waals surface area contributed by atoms with E-state index in [1.54, 1.807) is 17.6 Å². The van der Waals surface area contributed by atoms with Gasteiger partial charge in [-0.3, -0.25) is 14.0 Å². The maximum Gasteiger partial charge on any atom is 0.291 e. The first-order valence-corrected chi connectivity index (χ1v) is 9.02. The fourth-order valence-corrected chi connectivity index (χ4v) is 3.62. The molecular weight excluding hydrogens is 348 g/mol. The van der Waals surface area contributed by atoms with Gasteiger partial charge in [0.05, 0.1) is 18.7 Å². The van der Waals surface area contributed by atoms with Crippen LogP contribution < -0.4 is 15.6 Å². The lowest BCUT2D eigenvalue weighted by molar-refractivity contribution is -0.122. The van der Waals surface area contributed by atoms with Gasteiger partial charge < -0.3 is 14.8 Å². The number of nitrogens with one attached hydrogen (secondary N) is 1. The molecule has 3 aromatic rings. The highest BCUT2D eigenvalue weighted by molar-refractivity contribution is 5.92. The molecule has 3 heterocycles. The molecule has 1 saturated heterocycles. The zero-order valence-corrected chi connectivity index (χ0v) is 15.4. The zero-order chi connectivity index (χ0) is 19.0. The minimum absolute atomic E-state index is 0.0613. The molecule has 1 atom stereocenters. The third-order valence-corrected chi connectivity index (χ3v) is 4.91. The quantitative estimate of drug-likeness (QED) is 0.731. The summed E-state index contributed by atoms with van der Waals surface area (Å²) < 4.78 is 13.9. The standard InChI is InChI=1S/C19H22N4O4/c1-12-21-22(11-18(24)20-10-13-5-4-8-27-13)19(25)16-9-14-15(23(12)16)6-3-7-17(14)26-2/h3,6-7,9,13H,4-5,8,10-11H2,1-2H3,(H,20,24)/t13-/m1/s1. The topological polar surface area (TPSA) is 86.9 Å². The number of carbonyl (C=O) groups excluding carboxylic acids is 1. The fraction of sp³-hybridized carbons (Fsp3) is 0.421. The van der Waals surface area contributed by atoms with Crippen molar-refractivity contribution in [1.82, 2.24) is 19.5 Å². The summed E-state index contributed by atoms with van der Waals surface area (Å²) >= 11 is 0. The van der Waals surface area contributed by atoms with Crippen LogP contribution in [0.3, 0.4) is 0 Å². The molecule has 1 aromatic carbocycles. The van der Waals surface area contributed by atoms with Gasteiger partial charge in [-0.05, 0) is 38.0 Å². The van der Waals surface area contributed by atoms with Crippen molar-refractivity contribution < 1.29 is 14.3 Å². The smallest absolute Gasteiger partial charge is 0.291 e. The SMILES string of the molecule is COc1cccc2c1cc1c(=O)n(CC(=O)NC[C@H]3CCCO3)nc(C)n12. The monoisotopic (exact) mass is 370 g/mol. The van der Waals surface area contributed by atoms with Crippen LogP contribution in [-0.4, -0.2) is 46.5 Å². The largest absolute Gasteiger partial charge is 0.496 e. The number of amides is 1. The van der Waals surface area contributed by atoms with E-state index in [4.69, 9.17) is 9.47 Å². The molecule has 4 rings (SSSR count). The Hall–Kier alpha value is -2.87. The number of methoxy groups -OCH3 is 1. The van der Waals surface area contributed by atoms with Gasteiger partial charge in [0.1, 0.15) is 23.6 Å². The second-order valence-corrected chi connectivity index (χ2v) is 6.71. The third-order valence-electron chi connectivity index (χ3n) is 4.91. The zero-order valence-electron chi connectivity index (χ0n) is 15.4. The summed E-state index contributed by atoms with van der Waals surface area (Å²) in [5.41, 5.74) is 1.00. The summed E-state index contributed by atoms with van der Waals surface area (Å²) in [6.45, 7) is 2.89. The second kappa shape index (κ2) is 7.03. The minimum atomic E-state index is -0.314. The van der Waals surface area contributed by atoms with E-state index in [1.165, 1.54) is 4.68 Å². The molecule has 0 saturated carbocycles. The Kier molecular flexibility index (Phi) is 4.57. The molecule has 2 aromatic heterocycles. The number of aromatic nitrogens is 3. The second-order valence-electron chi connectivity index (χ2n) is 6.71. The Morgan fingerprint density at radius 1 is 1.41 bits per heavy atom. The molecule has 1 aliphatic heterocycles. The molecule has 1 aliphatic rings. The van der Waals surface area contributed by atoms with Crippen molar-refractivity contribution in [2.75, 3.05) is 20.3 Å². The van der Waals surface area contributed by atoms with Gasteiger partial charge in [-0.1, -0.05) is 6.07 Å². The summed E-state index contributed by atoms with van der Waals surface area (Å²) in [6, 6.07) is 7.42. The van der Waals surface area contributed by atoms with E-state index in [-0.39, 0.29) is 24.1 Å². The molecule has 0 unspecified atom stereocenters. The first-order valence-electron chi connectivity index (χ1n) is 9.02. The van der Waals surface area contributed by atoms with Crippen molar-refractivity contribution in [3.05, 3.63) is 40.4 Å². The molecule has 0 radical (unpaired) electrons. The van der Waals surface area contributed by atoms with E-state index in [0.29, 0.717) is 23.6 Å². The molecule has 142 valence electrons. The van der Waals surface area contributed by atoms with E-state index in [9.17, 15) is 9.59 Å². The molecule has 1 amide bonds. The van der Waals surface area contributed by atoms with Crippen LogP contribution >= 0.6 is 0 Å². The lowest BCUT2D eigenvalue weighted by Crippen LogP contribution is -2.38. The Balaban J connectivity index is 1.66. The molecule has 0 spiro atoms. The number of hydrogen-bond acceptors (Lipinski definition) is 5. The molecule has 0 bridgehead atoms. The van der Waals surface area contributed by atoms with Gasteiger partial charge in [-0.2, -0.15) is 5.10 Å². The number of carbonyl (C=O) groups is 1. The third kappa shape index (κ3) is 3.16. The Morgan fingerprint density at radius 2 is 2.26 bits per heavy atom. The van der Waals surface area contributed by atoms with E-state index < -0.39 is 0 Å². The maximum absolute atomic E-state index is 12.9. The van der Waals surface area contributed by atoms with Crippen molar-refractivity contribution >= 4 is 22.3 Å². The van der Waals surface area contributed by atoms with E-state index >= 15 is 0 Å². The van der Waals surface area contributed by atoms with Crippen molar-refractivity contribution in [2.24, 2.45) is 0 Å². The van der Waals surface area contributed by atoms with Gasteiger partial charge in [0.2, 0.25) is 5.91 Å². The van der Waals surface area contributed by atoms with Gasteiger partial charge in [0.15, 0.2) is 0 Å². The molecule has 1 N–H and O–H groups in total. The minimum Gasteiger partial charge on any atom is -0.496 e.